The molecule has 0 radical (unpaired) electrons. The van der Waals surface area contributed by atoms with E-state index in [1.54, 1.807) is 23.1 Å². The summed E-state index contributed by atoms with van der Waals surface area (Å²) in [5, 5.41) is 13.5. The molecule has 1 unspecified atom stereocenters. The first-order chi connectivity index (χ1) is 21.2. The number of sulfonamides is 1. The molecule has 3 aromatic rings. The Labute approximate surface area is 257 Å². The number of ether oxygens (including phenoxy) is 1. The van der Waals surface area contributed by atoms with Gasteiger partial charge in [-0.3, -0.25) is 9.59 Å². The first-order valence-corrected chi connectivity index (χ1v) is 16.4. The summed E-state index contributed by atoms with van der Waals surface area (Å²) in [6.07, 6.45) is 1.52. The van der Waals surface area contributed by atoms with E-state index in [1.165, 1.54) is 11.0 Å². The van der Waals surface area contributed by atoms with Crippen LogP contribution in [0.3, 0.4) is 0 Å². The highest BCUT2D eigenvalue weighted by atomic mass is 32.2. The van der Waals surface area contributed by atoms with Gasteiger partial charge in [0.15, 0.2) is 0 Å². The van der Waals surface area contributed by atoms with Crippen molar-refractivity contribution in [2.45, 2.75) is 49.3 Å². The van der Waals surface area contributed by atoms with E-state index in [9.17, 15) is 27.9 Å². The van der Waals surface area contributed by atoms with Gasteiger partial charge in [0.05, 0.1) is 24.0 Å². The third-order valence-corrected chi connectivity index (χ3v) is 9.80. The molecule has 5 rings (SSSR count). The summed E-state index contributed by atoms with van der Waals surface area (Å²) in [6, 6.07) is 20.1. The number of carboxylic acid groups (broad SMARTS) is 1. The molecule has 2 aliphatic heterocycles. The zero-order chi connectivity index (χ0) is 31.1. The van der Waals surface area contributed by atoms with Crippen molar-refractivity contribution in [3.63, 3.8) is 0 Å². The molecule has 3 aromatic carbocycles. The first kappa shape index (κ1) is 31.4. The zero-order valence-electron chi connectivity index (χ0n) is 24.4. The van der Waals surface area contributed by atoms with E-state index >= 15 is 0 Å². The van der Waals surface area contributed by atoms with E-state index in [0.717, 1.165) is 10.9 Å². The number of hydrogen-bond acceptors (Lipinski definition) is 6. The number of nitrogens with zero attached hydrogens (tertiary/aromatic N) is 2. The molecule has 3 N–H and O–H groups in total. The smallest absolute Gasteiger partial charge is 0.407 e. The molecule has 2 saturated heterocycles. The molecule has 0 spiro atoms. The lowest BCUT2D eigenvalue weighted by atomic mass is 9.97. The van der Waals surface area contributed by atoms with Crippen LogP contribution in [-0.2, 0) is 31.0 Å². The molecule has 2 aliphatic rings. The Morgan fingerprint density at radius 1 is 0.932 bits per heavy atom. The van der Waals surface area contributed by atoms with Gasteiger partial charge in [-0.15, -0.1) is 0 Å². The Morgan fingerprint density at radius 3 is 2.45 bits per heavy atom. The van der Waals surface area contributed by atoms with Gasteiger partial charge in [-0.05, 0) is 42.7 Å². The van der Waals surface area contributed by atoms with E-state index in [2.05, 4.69) is 10.0 Å². The van der Waals surface area contributed by atoms with Crippen LogP contribution < -0.4 is 10.0 Å². The maximum absolute atomic E-state index is 14.0. The van der Waals surface area contributed by atoms with Crippen LogP contribution in [0.1, 0.15) is 31.2 Å². The van der Waals surface area contributed by atoms with Crippen LogP contribution in [0.2, 0.25) is 0 Å². The molecule has 0 bridgehead atoms. The summed E-state index contributed by atoms with van der Waals surface area (Å²) in [5.41, 5.74) is 0.890. The molecule has 0 saturated carbocycles. The van der Waals surface area contributed by atoms with Gasteiger partial charge in [-0.2, -0.15) is 4.72 Å². The molecule has 2 heterocycles. The number of nitrogens with one attached hydrogen (secondary N) is 2. The summed E-state index contributed by atoms with van der Waals surface area (Å²) in [7, 11) is -4.13. The van der Waals surface area contributed by atoms with Crippen molar-refractivity contribution in [2.24, 2.45) is 5.92 Å². The van der Waals surface area contributed by atoms with Gasteiger partial charge in [0.25, 0.3) is 0 Å². The van der Waals surface area contributed by atoms with Crippen molar-refractivity contribution < 1.29 is 32.6 Å². The molecule has 0 aliphatic carbocycles. The van der Waals surface area contributed by atoms with Gasteiger partial charge in [0.1, 0.15) is 6.04 Å². The Bertz CT molecular complexity index is 1580. The minimum absolute atomic E-state index is 0.0737. The molecule has 0 aromatic heterocycles. The Kier molecular flexibility index (Phi) is 10.1. The topological polar surface area (TPSA) is 145 Å². The minimum atomic E-state index is -4.13. The number of fused-ring (bicyclic) bond motifs is 1. The monoisotopic (exact) mass is 622 g/mol. The SMILES string of the molecule is O=C(NC[C@@H]1CCCN1C(=O)[C@H](COCc1ccccc1)NS(=O)(=O)c1cccc2ccccc12)C1CCCN(C(=O)O)C1. The van der Waals surface area contributed by atoms with E-state index in [1.807, 2.05) is 48.5 Å². The van der Waals surface area contributed by atoms with Crippen LogP contribution in [0.4, 0.5) is 4.79 Å². The number of rotatable bonds is 11. The lowest BCUT2D eigenvalue weighted by molar-refractivity contribution is -0.136. The Balaban J connectivity index is 1.30. The van der Waals surface area contributed by atoms with Crippen molar-refractivity contribution in [2.75, 3.05) is 32.8 Å². The molecule has 2 fully saturated rings. The zero-order valence-corrected chi connectivity index (χ0v) is 25.2. The first-order valence-electron chi connectivity index (χ1n) is 14.9. The fraction of sp³-hybridized carbons (Fsp3) is 0.406. The van der Waals surface area contributed by atoms with E-state index < -0.39 is 34.0 Å². The standard InChI is InChI=1S/C32H38N4O7S/c37-30(25-13-7-17-35(20-25)32(39)40)33-19-26-14-8-18-36(26)31(38)28(22-43-21-23-9-2-1-3-10-23)34-44(41,42)29-16-6-12-24-11-4-5-15-27(24)29/h1-6,9-12,15-16,25-26,28,34H,7-8,13-14,17-22H2,(H,33,37)(H,39,40)/t25?,26-,28-/m0/s1. The van der Waals surface area contributed by atoms with E-state index in [0.29, 0.717) is 44.2 Å². The molecular weight excluding hydrogens is 584 g/mol. The molecule has 3 atom stereocenters. The molecule has 44 heavy (non-hydrogen) atoms. The molecule has 3 amide bonds. The molecule has 234 valence electrons. The van der Waals surface area contributed by atoms with Crippen LogP contribution in [0.5, 0.6) is 0 Å². The Hall–Kier alpha value is -4.00. The van der Waals surface area contributed by atoms with Crippen LogP contribution in [0.15, 0.2) is 77.7 Å². The number of piperidine rings is 1. The highest BCUT2D eigenvalue weighted by Gasteiger charge is 2.37. The number of benzene rings is 3. The quantitative estimate of drug-likeness (QED) is 0.298. The third kappa shape index (κ3) is 7.55. The normalized spacial score (nSPS) is 19.5. The number of carbonyl (C=O) groups is 3. The second-order valence-corrected chi connectivity index (χ2v) is 13.0. The van der Waals surface area contributed by atoms with Crippen LogP contribution >= 0.6 is 0 Å². The lowest BCUT2D eigenvalue weighted by Crippen LogP contribution is -2.54. The number of carbonyl (C=O) groups excluding carboxylic acids is 2. The lowest BCUT2D eigenvalue weighted by Gasteiger charge is -2.32. The van der Waals surface area contributed by atoms with E-state index in [4.69, 9.17) is 4.74 Å². The summed E-state index contributed by atoms with van der Waals surface area (Å²) >= 11 is 0. The summed E-state index contributed by atoms with van der Waals surface area (Å²) in [6.45, 7) is 1.19. The second-order valence-electron chi connectivity index (χ2n) is 11.3. The second kappa shape index (κ2) is 14.2. The van der Waals surface area contributed by atoms with Gasteiger partial charge in [0, 0.05) is 37.6 Å². The summed E-state index contributed by atoms with van der Waals surface area (Å²) in [4.78, 5) is 41.2. The van der Waals surface area contributed by atoms with Gasteiger partial charge in [-0.25, -0.2) is 13.2 Å². The van der Waals surface area contributed by atoms with Crippen LogP contribution in [-0.4, -0.2) is 86.1 Å². The predicted molar refractivity (Wildman–Crippen MR) is 164 cm³/mol. The highest BCUT2D eigenvalue weighted by molar-refractivity contribution is 7.89. The Morgan fingerprint density at radius 2 is 1.66 bits per heavy atom. The number of amides is 3. The predicted octanol–water partition coefficient (Wildman–Crippen LogP) is 3.20. The molecule has 11 nitrogen and oxygen atoms in total. The summed E-state index contributed by atoms with van der Waals surface area (Å²) < 4.78 is 35.9. The largest absolute Gasteiger partial charge is 0.465 e. The van der Waals surface area contributed by atoms with E-state index in [-0.39, 0.29) is 43.1 Å². The third-order valence-electron chi connectivity index (χ3n) is 8.27. The summed E-state index contributed by atoms with van der Waals surface area (Å²) in [5.74, 6) is -1.11. The van der Waals surface area contributed by atoms with Crippen molar-refractivity contribution in [1.29, 1.82) is 0 Å². The van der Waals surface area contributed by atoms with Crippen molar-refractivity contribution in [1.82, 2.24) is 19.8 Å². The fourth-order valence-corrected chi connectivity index (χ4v) is 7.37. The van der Waals surface area contributed by atoms with Crippen LogP contribution in [0, 0.1) is 5.92 Å². The maximum Gasteiger partial charge on any atom is 0.407 e. The van der Waals surface area contributed by atoms with Gasteiger partial charge >= 0.3 is 6.09 Å². The van der Waals surface area contributed by atoms with Crippen LogP contribution in [0.25, 0.3) is 10.8 Å². The van der Waals surface area contributed by atoms with Crippen molar-refractivity contribution in [3.8, 4) is 0 Å². The van der Waals surface area contributed by atoms with Gasteiger partial charge < -0.3 is 25.0 Å². The number of hydrogen-bond donors (Lipinski definition) is 3. The highest BCUT2D eigenvalue weighted by Crippen LogP contribution is 2.24. The van der Waals surface area contributed by atoms with Gasteiger partial charge in [-0.1, -0.05) is 66.7 Å². The fourth-order valence-electron chi connectivity index (χ4n) is 5.97. The number of likely N-dealkylation sites (tertiary alicyclic amines) is 2. The average Bonchev–Trinajstić information content (AvgIpc) is 3.51. The maximum atomic E-state index is 14.0. The molecular formula is C32H38N4O7S. The van der Waals surface area contributed by atoms with Crippen molar-refractivity contribution in [3.05, 3.63) is 78.4 Å². The molecule has 12 heteroatoms. The van der Waals surface area contributed by atoms with Crippen molar-refractivity contribution >= 4 is 38.7 Å². The minimum Gasteiger partial charge on any atom is -0.465 e. The average molecular weight is 623 g/mol. The van der Waals surface area contributed by atoms with Gasteiger partial charge in [0.2, 0.25) is 21.8 Å².